The Labute approximate surface area is 172 Å². The predicted octanol–water partition coefficient (Wildman–Crippen LogP) is 3.90. The fraction of sp³-hybridized carbons (Fsp3) is 0.435. The molecule has 1 saturated heterocycles. The second-order valence-electron chi connectivity index (χ2n) is 7.35. The van der Waals surface area contributed by atoms with Crippen molar-refractivity contribution in [3.8, 4) is 23.0 Å². The Balaban J connectivity index is 1.59. The highest BCUT2D eigenvalue weighted by Gasteiger charge is 2.25. The second kappa shape index (κ2) is 9.54. The van der Waals surface area contributed by atoms with E-state index in [1.807, 2.05) is 17.0 Å². The van der Waals surface area contributed by atoms with Crippen molar-refractivity contribution in [1.82, 2.24) is 4.90 Å². The summed E-state index contributed by atoms with van der Waals surface area (Å²) in [6.45, 7) is 1.49. The lowest BCUT2D eigenvalue weighted by Gasteiger charge is -2.32. The summed E-state index contributed by atoms with van der Waals surface area (Å²) in [4.78, 5) is 14.9. The molecule has 156 valence electrons. The Kier molecular flexibility index (Phi) is 6.86. The lowest BCUT2D eigenvalue weighted by atomic mass is 9.90. The number of piperidine rings is 1. The molecular weight excluding hydrogens is 370 g/mol. The molecule has 0 atom stereocenters. The number of hydrogen-bond donors (Lipinski definition) is 1. The number of phenols is 1. The first-order valence-electron chi connectivity index (χ1n) is 9.93. The molecule has 29 heavy (non-hydrogen) atoms. The predicted molar refractivity (Wildman–Crippen MR) is 111 cm³/mol. The normalized spacial score (nSPS) is 14.5. The number of methoxy groups -OCH3 is 3. The number of aryl methyl sites for hydroxylation is 1. The zero-order valence-electron chi connectivity index (χ0n) is 17.3. The van der Waals surface area contributed by atoms with Crippen LogP contribution in [0.3, 0.4) is 0 Å². The van der Waals surface area contributed by atoms with E-state index in [9.17, 15) is 9.90 Å². The van der Waals surface area contributed by atoms with E-state index in [4.69, 9.17) is 14.2 Å². The summed E-state index contributed by atoms with van der Waals surface area (Å²) >= 11 is 0. The fourth-order valence-electron chi connectivity index (χ4n) is 3.85. The molecule has 1 amide bonds. The number of aromatic hydroxyl groups is 1. The maximum atomic E-state index is 13.0. The first-order valence-corrected chi connectivity index (χ1v) is 9.93. The molecule has 1 N–H and O–H groups in total. The van der Waals surface area contributed by atoms with Crippen LogP contribution in [-0.2, 0) is 6.42 Å². The summed E-state index contributed by atoms with van der Waals surface area (Å²) in [7, 11) is 4.64. The largest absolute Gasteiger partial charge is 0.508 e. The van der Waals surface area contributed by atoms with Crippen LogP contribution in [0, 0.1) is 5.92 Å². The number of nitrogens with zero attached hydrogens (tertiary/aromatic N) is 1. The van der Waals surface area contributed by atoms with Crippen LogP contribution in [0.25, 0.3) is 0 Å². The summed E-state index contributed by atoms with van der Waals surface area (Å²) < 4.78 is 16.1. The van der Waals surface area contributed by atoms with Gasteiger partial charge in [-0.1, -0.05) is 12.1 Å². The van der Waals surface area contributed by atoms with Gasteiger partial charge in [0.05, 0.1) is 21.3 Å². The first-order chi connectivity index (χ1) is 14.0. The van der Waals surface area contributed by atoms with Gasteiger partial charge < -0.3 is 24.2 Å². The number of hydrogen-bond acceptors (Lipinski definition) is 5. The van der Waals surface area contributed by atoms with E-state index in [1.165, 1.54) is 5.56 Å². The first kappa shape index (κ1) is 20.8. The third kappa shape index (κ3) is 4.94. The Morgan fingerprint density at radius 1 is 1.00 bits per heavy atom. The monoisotopic (exact) mass is 399 g/mol. The quantitative estimate of drug-likeness (QED) is 0.765. The van der Waals surface area contributed by atoms with Gasteiger partial charge in [0.15, 0.2) is 11.5 Å². The van der Waals surface area contributed by atoms with E-state index in [2.05, 4.69) is 0 Å². The van der Waals surface area contributed by atoms with E-state index in [0.717, 1.165) is 38.8 Å². The number of amides is 1. The van der Waals surface area contributed by atoms with E-state index in [1.54, 1.807) is 45.6 Å². The summed E-state index contributed by atoms with van der Waals surface area (Å²) in [6.07, 6.45) is 4.07. The van der Waals surface area contributed by atoms with Crippen molar-refractivity contribution in [3.05, 3.63) is 47.5 Å². The van der Waals surface area contributed by atoms with Crippen LogP contribution < -0.4 is 14.2 Å². The molecule has 0 aromatic heterocycles. The lowest BCUT2D eigenvalue weighted by molar-refractivity contribution is 0.0686. The minimum atomic E-state index is -0.0127. The Hall–Kier alpha value is -2.89. The van der Waals surface area contributed by atoms with Gasteiger partial charge in [-0.05, 0) is 61.4 Å². The molecule has 0 aliphatic carbocycles. The zero-order valence-corrected chi connectivity index (χ0v) is 17.3. The maximum absolute atomic E-state index is 13.0. The van der Waals surface area contributed by atoms with Crippen LogP contribution in [-0.4, -0.2) is 50.3 Å². The molecule has 0 saturated carbocycles. The summed E-state index contributed by atoms with van der Waals surface area (Å²) in [5.41, 5.74) is 1.78. The molecule has 0 unspecified atom stereocenters. The molecule has 1 aliphatic rings. The van der Waals surface area contributed by atoms with Crippen molar-refractivity contribution in [2.45, 2.75) is 25.7 Å². The molecule has 2 aromatic rings. The molecule has 0 bridgehead atoms. The number of ether oxygens (including phenoxy) is 3. The van der Waals surface area contributed by atoms with E-state index >= 15 is 0 Å². The van der Waals surface area contributed by atoms with Gasteiger partial charge in [-0.25, -0.2) is 0 Å². The van der Waals surface area contributed by atoms with Crippen molar-refractivity contribution in [2.75, 3.05) is 34.4 Å². The summed E-state index contributed by atoms with van der Waals surface area (Å²) in [5, 5.41) is 9.38. The van der Waals surface area contributed by atoms with Crippen molar-refractivity contribution >= 4 is 5.91 Å². The third-order valence-electron chi connectivity index (χ3n) is 5.59. The van der Waals surface area contributed by atoms with Crippen molar-refractivity contribution in [1.29, 1.82) is 0 Å². The number of likely N-dealkylation sites (tertiary alicyclic amines) is 1. The van der Waals surface area contributed by atoms with Crippen molar-refractivity contribution in [3.63, 3.8) is 0 Å². The topological polar surface area (TPSA) is 68.2 Å². The molecule has 0 spiro atoms. The SMILES string of the molecule is COc1cc(C(=O)N2CCC(CCc3ccc(O)cc3)CC2)cc(OC)c1OC. The van der Waals surface area contributed by atoms with Gasteiger partial charge in [0.25, 0.3) is 5.91 Å². The van der Waals surface area contributed by atoms with Crippen molar-refractivity contribution < 1.29 is 24.1 Å². The van der Waals surface area contributed by atoms with E-state index in [0.29, 0.717) is 34.5 Å². The second-order valence-corrected chi connectivity index (χ2v) is 7.35. The zero-order chi connectivity index (χ0) is 20.8. The number of rotatable bonds is 7. The van der Waals surface area contributed by atoms with Crippen LogP contribution >= 0.6 is 0 Å². The molecule has 6 heteroatoms. The van der Waals surface area contributed by atoms with Crippen LogP contribution in [0.4, 0.5) is 0 Å². The summed E-state index contributed by atoms with van der Waals surface area (Å²) in [5.74, 6) is 2.35. The standard InChI is InChI=1S/C23H29NO5/c1-27-20-14-18(15-21(28-2)22(20)29-3)23(26)24-12-10-17(11-13-24)5-4-16-6-8-19(25)9-7-16/h6-9,14-15,17,25H,4-5,10-13H2,1-3H3. The maximum Gasteiger partial charge on any atom is 0.254 e. The highest BCUT2D eigenvalue weighted by molar-refractivity contribution is 5.95. The van der Waals surface area contributed by atoms with Gasteiger partial charge in [-0.15, -0.1) is 0 Å². The van der Waals surface area contributed by atoms with Crippen LogP contribution in [0.1, 0.15) is 35.2 Å². The Morgan fingerprint density at radius 3 is 2.10 bits per heavy atom. The molecule has 1 fully saturated rings. The van der Waals surface area contributed by atoms with Crippen LogP contribution in [0.2, 0.25) is 0 Å². The Morgan fingerprint density at radius 2 is 1.59 bits per heavy atom. The van der Waals surface area contributed by atoms with Gasteiger partial charge in [-0.2, -0.15) is 0 Å². The summed E-state index contributed by atoms with van der Waals surface area (Å²) in [6, 6.07) is 10.8. The van der Waals surface area contributed by atoms with Gasteiger partial charge in [0.2, 0.25) is 5.75 Å². The molecule has 0 radical (unpaired) electrons. The smallest absolute Gasteiger partial charge is 0.254 e. The minimum absolute atomic E-state index is 0.0127. The van der Waals surface area contributed by atoms with Crippen LogP contribution in [0.5, 0.6) is 23.0 Å². The van der Waals surface area contributed by atoms with Gasteiger partial charge in [-0.3, -0.25) is 4.79 Å². The number of phenolic OH excluding ortho intramolecular Hbond substituents is 1. The van der Waals surface area contributed by atoms with Crippen LogP contribution in [0.15, 0.2) is 36.4 Å². The lowest BCUT2D eigenvalue weighted by Crippen LogP contribution is -2.38. The molecule has 1 heterocycles. The molecule has 3 rings (SSSR count). The molecule has 6 nitrogen and oxygen atoms in total. The number of benzene rings is 2. The Bertz CT molecular complexity index is 801. The van der Waals surface area contributed by atoms with Gasteiger partial charge in [0, 0.05) is 18.7 Å². The fourth-order valence-corrected chi connectivity index (χ4v) is 3.85. The highest BCUT2D eigenvalue weighted by atomic mass is 16.5. The molecular formula is C23H29NO5. The van der Waals surface area contributed by atoms with E-state index < -0.39 is 0 Å². The molecule has 1 aliphatic heterocycles. The average Bonchev–Trinajstić information content (AvgIpc) is 2.77. The highest BCUT2D eigenvalue weighted by Crippen LogP contribution is 2.38. The average molecular weight is 399 g/mol. The van der Waals surface area contributed by atoms with Crippen molar-refractivity contribution in [2.24, 2.45) is 5.92 Å². The third-order valence-corrected chi connectivity index (χ3v) is 5.59. The number of carbonyl (C=O) groups is 1. The van der Waals surface area contributed by atoms with Gasteiger partial charge >= 0.3 is 0 Å². The van der Waals surface area contributed by atoms with E-state index in [-0.39, 0.29) is 5.91 Å². The molecule has 2 aromatic carbocycles. The van der Waals surface area contributed by atoms with Gasteiger partial charge in [0.1, 0.15) is 5.75 Å². The minimum Gasteiger partial charge on any atom is -0.508 e. The number of carbonyl (C=O) groups excluding carboxylic acids is 1.